The zero-order chi connectivity index (χ0) is 31.2. The van der Waals surface area contributed by atoms with Crippen LogP contribution < -0.4 is 10.6 Å². The van der Waals surface area contributed by atoms with Crippen molar-refractivity contribution in [3.05, 3.63) is 47.5 Å². The minimum atomic E-state index is -4.67. The molecule has 226 valence electrons. The topological polar surface area (TPSA) is 240 Å². The zero-order valence-corrected chi connectivity index (χ0v) is 24.1. The van der Waals surface area contributed by atoms with Gasteiger partial charge in [-0.1, -0.05) is 0 Å². The Kier molecular flexibility index (Phi) is 16.9. The molecule has 0 saturated carbocycles. The molecule has 0 heterocycles. The number of benzene rings is 2. The highest BCUT2D eigenvalue weighted by Crippen LogP contribution is 2.25. The Bertz CT molecular complexity index is 962. The second-order valence-electron chi connectivity index (χ2n) is 10.3. The van der Waals surface area contributed by atoms with Crippen LogP contribution in [0.25, 0.3) is 0 Å². The fraction of sp³-hybridized carbons (Fsp3) is 0.520. The van der Waals surface area contributed by atoms with E-state index in [4.69, 9.17) is 22.6 Å². The first kappa shape index (κ1) is 38.5. The smallest absolute Gasteiger partial charge is 0.394 e. The van der Waals surface area contributed by atoms with Gasteiger partial charge in [0, 0.05) is 43.4 Å². The van der Waals surface area contributed by atoms with Gasteiger partial charge in [0.2, 0.25) is 0 Å². The molecule has 0 spiro atoms. The summed E-state index contributed by atoms with van der Waals surface area (Å²) in [7, 11) is -3.67. The first-order valence-corrected chi connectivity index (χ1v) is 13.0. The van der Waals surface area contributed by atoms with E-state index < -0.39 is 22.6 Å². The number of nitrogens with one attached hydrogen (secondary N) is 2. The largest absolute Gasteiger partial charge is 0.508 e. The van der Waals surface area contributed by atoms with Gasteiger partial charge in [-0.15, -0.1) is 0 Å². The van der Waals surface area contributed by atoms with Crippen LogP contribution in [0.4, 0.5) is 0 Å². The molecule has 0 aliphatic carbocycles. The van der Waals surface area contributed by atoms with Crippen LogP contribution in [0.5, 0.6) is 23.0 Å². The summed E-state index contributed by atoms with van der Waals surface area (Å²) in [5, 5.41) is 70.1. The highest BCUT2D eigenvalue weighted by atomic mass is 32.3. The van der Waals surface area contributed by atoms with Crippen LogP contribution in [-0.2, 0) is 10.4 Å². The van der Waals surface area contributed by atoms with Gasteiger partial charge >= 0.3 is 10.4 Å². The van der Waals surface area contributed by atoms with Crippen LogP contribution in [0.2, 0.25) is 0 Å². The Morgan fingerprint density at radius 2 is 0.821 bits per heavy atom. The lowest BCUT2D eigenvalue weighted by Gasteiger charge is -2.23. The highest BCUT2D eigenvalue weighted by Gasteiger charge is 2.15. The van der Waals surface area contributed by atoms with E-state index in [1.54, 1.807) is 0 Å². The molecule has 0 aliphatic heterocycles. The van der Waals surface area contributed by atoms with Gasteiger partial charge in [0.05, 0.1) is 12.2 Å². The van der Waals surface area contributed by atoms with Crippen LogP contribution in [0.1, 0.15) is 64.9 Å². The lowest BCUT2D eigenvalue weighted by atomic mass is 10.1. The maximum Gasteiger partial charge on any atom is 0.394 e. The van der Waals surface area contributed by atoms with Crippen molar-refractivity contribution in [2.75, 3.05) is 20.2 Å². The van der Waals surface area contributed by atoms with Crippen LogP contribution in [0.15, 0.2) is 36.4 Å². The number of hydrogen-bond acceptors (Lipinski definition) is 11. The Morgan fingerprint density at radius 1 is 0.615 bits per heavy atom. The molecule has 0 aromatic heterocycles. The number of rotatable bonds is 6. The molecular formula is C25H44N2O11S. The van der Waals surface area contributed by atoms with E-state index in [2.05, 4.69) is 10.6 Å². The lowest BCUT2D eigenvalue weighted by Crippen LogP contribution is -2.38. The van der Waals surface area contributed by atoms with E-state index in [1.807, 2.05) is 41.5 Å². The standard InChI is InChI=1S/2C12H19NO3.CH4O.H2O4S/c2*1-12(2,3)13-7-11(16)8-4-9(14)6-10(15)5-8;1-2;1-5(2,3)4/h2*4-6,11,13-16H,7H2,1-3H3;2H,1H3;(H2,1,2,3,4). The SMILES string of the molecule is CC(C)(C)NCC(O)c1cc(O)cc(O)c1.CC(C)(C)NCC(O)c1cc(O)cc(O)c1.CO.O=S(=O)(O)O. The molecule has 0 aliphatic rings. The van der Waals surface area contributed by atoms with Crippen molar-refractivity contribution in [3.8, 4) is 23.0 Å². The molecule has 11 N–H and O–H groups in total. The quantitative estimate of drug-likeness (QED) is 0.219. The maximum atomic E-state index is 9.85. The number of aliphatic hydroxyl groups is 3. The summed E-state index contributed by atoms with van der Waals surface area (Å²) in [5.74, 6) is -0.204. The predicted molar refractivity (Wildman–Crippen MR) is 147 cm³/mol. The van der Waals surface area contributed by atoms with Gasteiger partial charge in [0.15, 0.2) is 0 Å². The average Bonchev–Trinajstić information content (AvgIpc) is 2.74. The van der Waals surface area contributed by atoms with Crippen LogP contribution >= 0.6 is 0 Å². The van der Waals surface area contributed by atoms with Gasteiger partial charge in [-0.3, -0.25) is 9.11 Å². The fourth-order valence-electron chi connectivity index (χ4n) is 2.66. The van der Waals surface area contributed by atoms with E-state index >= 15 is 0 Å². The Hall–Kier alpha value is -2.69. The van der Waals surface area contributed by atoms with Gasteiger partial charge in [0.25, 0.3) is 0 Å². The Labute approximate surface area is 230 Å². The Balaban J connectivity index is 0. The van der Waals surface area contributed by atoms with Crippen molar-refractivity contribution in [2.45, 2.75) is 64.8 Å². The molecule has 2 atom stereocenters. The third kappa shape index (κ3) is 23.0. The minimum Gasteiger partial charge on any atom is -0.508 e. The van der Waals surface area contributed by atoms with E-state index in [1.165, 1.54) is 36.4 Å². The predicted octanol–water partition coefficient (Wildman–Crippen LogP) is 1.99. The Morgan fingerprint density at radius 3 is 1.00 bits per heavy atom. The molecule has 0 saturated heterocycles. The van der Waals surface area contributed by atoms with E-state index in [-0.39, 0.29) is 34.1 Å². The van der Waals surface area contributed by atoms with Gasteiger partial charge in [0.1, 0.15) is 23.0 Å². The monoisotopic (exact) mass is 580 g/mol. The molecular weight excluding hydrogens is 536 g/mol. The van der Waals surface area contributed by atoms with E-state index in [0.29, 0.717) is 24.2 Å². The van der Waals surface area contributed by atoms with Crippen LogP contribution in [0, 0.1) is 0 Å². The number of aromatic hydroxyl groups is 4. The number of phenols is 4. The minimum absolute atomic E-state index is 0.0511. The van der Waals surface area contributed by atoms with E-state index in [9.17, 15) is 30.6 Å². The highest BCUT2D eigenvalue weighted by molar-refractivity contribution is 7.79. The molecule has 14 heteroatoms. The third-order valence-corrected chi connectivity index (χ3v) is 4.27. The van der Waals surface area contributed by atoms with Crippen molar-refractivity contribution >= 4 is 10.4 Å². The number of hydrogen-bond donors (Lipinski definition) is 11. The van der Waals surface area contributed by atoms with Gasteiger partial charge in [-0.2, -0.15) is 8.42 Å². The van der Waals surface area contributed by atoms with Crippen molar-refractivity contribution in [3.63, 3.8) is 0 Å². The summed E-state index contributed by atoms with van der Waals surface area (Å²) in [6.07, 6.45) is -1.51. The molecule has 2 aromatic carbocycles. The maximum absolute atomic E-state index is 9.85. The average molecular weight is 581 g/mol. The molecule has 0 radical (unpaired) electrons. The summed E-state index contributed by atoms with van der Waals surface area (Å²) in [4.78, 5) is 0. The summed E-state index contributed by atoms with van der Waals surface area (Å²) in [6, 6.07) is 8.22. The van der Waals surface area contributed by atoms with Crippen LogP contribution in [-0.4, -0.2) is 84.5 Å². The molecule has 13 nitrogen and oxygen atoms in total. The molecule has 0 amide bonds. The van der Waals surface area contributed by atoms with Gasteiger partial charge < -0.3 is 46.4 Å². The second-order valence-corrected chi connectivity index (χ2v) is 11.2. The molecule has 2 rings (SSSR count). The van der Waals surface area contributed by atoms with Crippen molar-refractivity contribution < 1.29 is 53.3 Å². The first-order valence-electron chi connectivity index (χ1n) is 11.6. The summed E-state index contributed by atoms with van der Waals surface area (Å²) in [6.45, 7) is 12.7. The molecule has 2 aromatic rings. The molecule has 0 fully saturated rings. The number of aliphatic hydroxyl groups excluding tert-OH is 3. The van der Waals surface area contributed by atoms with Crippen molar-refractivity contribution in [1.82, 2.24) is 10.6 Å². The lowest BCUT2D eigenvalue weighted by molar-refractivity contribution is 0.162. The van der Waals surface area contributed by atoms with Crippen molar-refractivity contribution in [2.24, 2.45) is 0 Å². The number of phenolic OH excluding ortho intramolecular Hbond substituents is 4. The van der Waals surface area contributed by atoms with Crippen LogP contribution in [0.3, 0.4) is 0 Å². The van der Waals surface area contributed by atoms with E-state index in [0.717, 1.165) is 7.11 Å². The number of β-amino-alcohol motifs (C(OH)–C–C–N with tert-alkyl or cyclic N) is 2. The molecule has 0 bridgehead atoms. The van der Waals surface area contributed by atoms with Gasteiger partial charge in [-0.05, 0) is 76.9 Å². The third-order valence-electron chi connectivity index (χ3n) is 4.27. The summed E-state index contributed by atoms with van der Waals surface area (Å²) >= 11 is 0. The second kappa shape index (κ2) is 17.1. The summed E-state index contributed by atoms with van der Waals surface area (Å²) in [5.41, 5.74) is 0.822. The first-order chi connectivity index (χ1) is 17.6. The zero-order valence-electron chi connectivity index (χ0n) is 23.3. The summed E-state index contributed by atoms with van der Waals surface area (Å²) < 4.78 is 31.6. The molecule has 39 heavy (non-hydrogen) atoms. The molecule has 2 unspecified atom stereocenters. The fourth-order valence-corrected chi connectivity index (χ4v) is 2.66. The van der Waals surface area contributed by atoms with Gasteiger partial charge in [-0.25, -0.2) is 0 Å². The normalized spacial score (nSPS) is 12.9. The van der Waals surface area contributed by atoms with Crippen molar-refractivity contribution in [1.29, 1.82) is 0 Å².